The van der Waals surface area contributed by atoms with Gasteiger partial charge in [-0.25, -0.2) is 0 Å². The minimum atomic E-state index is -4.53. The molecule has 0 aliphatic carbocycles. The topological polar surface area (TPSA) is 52.3 Å². The Bertz CT molecular complexity index is 515. The van der Waals surface area contributed by atoms with Crippen molar-refractivity contribution in [3.63, 3.8) is 0 Å². The molecule has 0 aliphatic heterocycles. The molecule has 0 radical (unpaired) electrons. The van der Waals surface area contributed by atoms with Crippen LogP contribution in [0.1, 0.15) is 31.0 Å². The summed E-state index contributed by atoms with van der Waals surface area (Å²) in [5.41, 5.74) is 4.24. The summed E-state index contributed by atoms with van der Waals surface area (Å²) in [6.45, 7) is 3.10. The van der Waals surface area contributed by atoms with Gasteiger partial charge in [0.2, 0.25) is 0 Å². The smallest absolute Gasteiger partial charge is 0.417 e. The average molecular weight is 310 g/mol. The van der Waals surface area contributed by atoms with Gasteiger partial charge in [0.25, 0.3) is 0 Å². The molecule has 0 fully saturated rings. The van der Waals surface area contributed by atoms with Crippen molar-refractivity contribution in [3.8, 4) is 0 Å². The van der Waals surface area contributed by atoms with Crippen LogP contribution in [0.5, 0.6) is 0 Å². The first-order valence-electron chi connectivity index (χ1n) is 5.72. The van der Waals surface area contributed by atoms with Gasteiger partial charge < -0.3 is 10.5 Å². The van der Waals surface area contributed by atoms with Crippen LogP contribution in [0.3, 0.4) is 0 Å². The maximum absolute atomic E-state index is 12.6. The third kappa shape index (κ3) is 3.24. The van der Waals surface area contributed by atoms with Crippen molar-refractivity contribution in [1.82, 2.24) is 0 Å². The van der Waals surface area contributed by atoms with Gasteiger partial charge in [-0.05, 0) is 31.5 Å². The van der Waals surface area contributed by atoms with E-state index in [1.165, 1.54) is 13.2 Å². The van der Waals surface area contributed by atoms with Gasteiger partial charge in [0.05, 0.1) is 23.1 Å². The molecular weight excluding hydrogens is 295 g/mol. The van der Waals surface area contributed by atoms with E-state index >= 15 is 0 Å². The molecule has 3 nitrogen and oxygen atoms in total. The Morgan fingerprint density at radius 2 is 1.90 bits per heavy atom. The van der Waals surface area contributed by atoms with Crippen LogP contribution >= 0.6 is 11.6 Å². The molecule has 112 valence electrons. The summed E-state index contributed by atoms with van der Waals surface area (Å²) in [4.78, 5) is 11.6. The summed E-state index contributed by atoms with van der Waals surface area (Å²) in [5.74, 6) is -0.555. The van der Waals surface area contributed by atoms with Crippen molar-refractivity contribution in [2.75, 3.05) is 7.11 Å². The maximum atomic E-state index is 12.6. The Hall–Kier alpha value is -1.27. The van der Waals surface area contributed by atoms with Crippen molar-refractivity contribution < 1.29 is 22.7 Å². The van der Waals surface area contributed by atoms with E-state index in [9.17, 15) is 18.0 Å². The number of esters is 1. The number of rotatable bonds is 3. The monoisotopic (exact) mass is 309 g/mol. The van der Waals surface area contributed by atoms with Crippen LogP contribution in [-0.2, 0) is 15.7 Å². The lowest BCUT2D eigenvalue weighted by Gasteiger charge is -2.29. The van der Waals surface area contributed by atoms with E-state index in [1.807, 2.05) is 0 Å². The second-order valence-corrected chi connectivity index (χ2v) is 5.34. The summed E-state index contributed by atoms with van der Waals surface area (Å²) in [5, 5.41) is -0.453. The zero-order valence-electron chi connectivity index (χ0n) is 11.2. The number of carbonyl (C=O) groups is 1. The quantitative estimate of drug-likeness (QED) is 0.869. The molecule has 1 aromatic carbocycles. The summed E-state index contributed by atoms with van der Waals surface area (Å²) in [6.07, 6.45) is -4.53. The summed E-state index contributed by atoms with van der Waals surface area (Å²) in [7, 11) is 1.22. The van der Waals surface area contributed by atoms with Crippen LogP contribution in [0, 0.1) is 5.41 Å². The van der Waals surface area contributed by atoms with Crippen LogP contribution in [0.15, 0.2) is 18.2 Å². The molecule has 0 spiro atoms. The number of nitrogens with two attached hydrogens (primary N) is 1. The van der Waals surface area contributed by atoms with E-state index in [0.29, 0.717) is 5.56 Å². The highest BCUT2D eigenvalue weighted by atomic mass is 35.5. The van der Waals surface area contributed by atoms with Gasteiger partial charge in [0.15, 0.2) is 0 Å². The van der Waals surface area contributed by atoms with Crippen molar-refractivity contribution in [3.05, 3.63) is 34.3 Å². The largest absolute Gasteiger partial charge is 0.469 e. The molecule has 0 unspecified atom stereocenters. The Labute approximate surface area is 119 Å². The molecule has 0 aliphatic rings. The van der Waals surface area contributed by atoms with Gasteiger partial charge in [0.1, 0.15) is 0 Å². The second kappa shape index (κ2) is 5.61. The molecule has 0 bridgehead atoms. The predicted octanol–water partition coefficient (Wildman–Crippen LogP) is 3.56. The standard InChI is InChI=1S/C13H15ClF3NO2/c1-12(2,11(19)20-3)10(18)7-4-5-8(9(14)6-7)13(15,16)17/h4-6,10H,18H2,1-3H3/t10-/m1/s1. The van der Waals surface area contributed by atoms with Crippen LogP contribution in [0.4, 0.5) is 13.2 Å². The average Bonchev–Trinajstić information content (AvgIpc) is 2.34. The lowest BCUT2D eigenvalue weighted by molar-refractivity contribution is -0.152. The highest BCUT2D eigenvalue weighted by Crippen LogP contribution is 2.38. The Kier molecular flexibility index (Phi) is 4.71. The summed E-state index contributed by atoms with van der Waals surface area (Å²) >= 11 is 5.63. The van der Waals surface area contributed by atoms with Gasteiger partial charge in [-0.15, -0.1) is 0 Å². The van der Waals surface area contributed by atoms with Gasteiger partial charge in [-0.1, -0.05) is 17.7 Å². The molecule has 1 rings (SSSR count). The van der Waals surface area contributed by atoms with Crippen molar-refractivity contribution in [1.29, 1.82) is 0 Å². The maximum Gasteiger partial charge on any atom is 0.417 e. The highest BCUT2D eigenvalue weighted by Gasteiger charge is 2.38. The minimum Gasteiger partial charge on any atom is -0.469 e. The fraction of sp³-hybridized carbons (Fsp3) is 0.462. The van der Waals surface area contributed by atoms with E-state index < -0.39 is 34.2 Å². The molecule has 0 amide bonds. The lowest BCUT2D eigenvalue weighted by atomic mass is 9.81. The molecule has 1 aromatic rings. The fourth-order valence-electron chi connectivity index (χ4n) is 1.76. The Balaban J connectivity index is 3.17. The van der Waals surface area contributed by atoms with Crippen molar-refractivity contribution in [2.45, 2.75) is 26.1 Å². The Morgan fingerprint density at radius 3 is 2.30 bits per heavy atom. The SMILES string of the molecule is COC(=O)C(C)(C)[C@H](N)c1ccc(C(F)(F)F)c(Cl)c1. The van der Waals surface area contributed by atoms with E-state index in [1.54, 1.807) is 13.8 Å². The summed E-state index contributed by atoms with van der Waals surface area (Å²) in [6, 6.07) is 2.35. The third-order valence-corrected chi connectivity index (χ3v) is 3.46. The predicted molar refractivity (Wildman–Crippen MR) is 69.2 cm³/mol. The van der Waals surface area contributed by atoms with Crippen LogP contribution in [-0.4, -0.2) is 13.1 Å². The number of hydrogen-bond acceptors (Lipinski definition) is 3. The van der Waals surface area contributed by atoms with Crippen molar-refractivity contribution >= 4 is 17.6 Å². The second-order valence-electron chi connectivity index (χ2n) is 4.93. The van der Waals surface area contributed by atoms with Gasteiger partial charge in [-0.2, -0.15) is 13.2 Å². The third-order valence-electron chi connectivity index (χ3n) is 3.15. The highest BCUT2D eigenvalue weighted by molar-refractivity contribution is 6.31. The molecular formula is C13H15ClF3NO2. The molecule has 20 heavy (non-hydrogen) atoms. The molecule has 0 saturated carbocycles. The molecule has 2 N–H and O–H groups in total. The number of carbonyl (C=O) groups excluding carboxylic acids is 1. The first-order valence-corrected chi connectivity index (χ1v) is 6.10. The van der Waals surface area contributed by atoms with E-state index in [-0.39, 0.29) is 0 Å². The first-order chi connectivity index (χ1) is 9.01. The normalized spacial score (nSPS) is 14.0. The number of methoxy groups -OCH3 is 1. The van der Waals surface area contributed by atoms with Gasteiger partial charge in [0, 0.05) is 6.04 Å². The molecule has 0 aromatic heterocycles. The van der Waals surface area contributed by atoms with Crippen LogP contribution in [0.25, 0.3) is 0 Å². The number of halogens is 4. The van der Waals surface area contributed by atoms with Gasteiger partial charge >= 0.3 is 12.1 Å². The molecule has 7 heteroatoms. The van der Waals surface area contributed by atoms with E-state index in [0.717, 1.165) is 12.1 Å². The van der Waals surface area contributed by atoms with Crippen LogP contribution < -0.4 is 5.73 Å². The zero-order chi connectivity index (χ0) is 15.7. The number of benzene rings is 1. The lowest BCUT2D eigenvalue weighted by Crippen LogP contribution is -2.37. The van der Waals surface area contributed by atoms with E-state index in [4.69, 9.17) is 17.3 Å². The van der Waals surface area contributed by atoms with Crippen LogP contribution in [0.2, 0.25) is 5.02 Å². The molecule has 0 heterocycles. The van der Waals surface area contributed by atoms with Gasteiger partial charge in [-0.3, -0.25) is 4.79 Å². The number of hydrogen-bond donors (Lipinski definition) is 1. The molecule has 1 atom stereocenters. The number of alkyl halides is 3. The Morgan fingerprint density at radius 1 is 1.35 bits per heavy atom. The molecule has 0 saturated heterocycles. The number of ether oxygens (including phenoxy) is 1. The zero-order valence-corrected chi connectivity index (χ0v) is 12.0. The fourth-order valence-corrected chi connectivity index (χ4v) is 2.06. The summed E-state index contributed by atoms with van der Waals surface area (Å²) < 4.78 is 42.5. The van der Waals surface area contributed by atoms with Crippen molar-refractivity contribution in [2.24, 2.45) is 11.1 Å². The van der Waals surface area contributed by atoms with E-state index in [2.05, 4.69) is 4.74 Å². The first kappa shape index (κ1) is 16.8. The minimum absolute atomic E-state index is 0.332.